The number of primary sulfonamides is 1. The summed E-state index contributed by atoms with van der Waals surface area (Å²) in [4.78, 5) is 14.4. The number of nitrogens with two attached hydrogens (primary N) is 1. The van der Waals surface area contributed by atoms with Crippen LogP contribution in [0.15, 0.2) is 53.4 Å². The number of hydrogen-bond donors (Lipinski definition) is 1. The van der Waals surface area contributed by atoms with Crippen molar-refractivity contribution in [2.24, 2.45) is 5.14 Å². The van der Waals surface area contributed by atoms with Gasteiger partial charge in [-0.05, 0) is 36.8 Å². The molecule has 2 N–H and O–H groups in total. The molecule has 1 heterocycles. The van der Waals surface area contributed by atoms with E-state index in [9.17, 15) is 13.2 Å². The third-order valence-corrected chi connectivity index (χ3v) is 5.77. The minimum Gasteiger partial charge on any atom is -0.490 e. The predicted octanol–water partition coefficient (Wildman–Crippen LogP) is 2.35. The summed E-state index contributed by atoms with van der Waals surface area (Å²) >= 11 is 0. The first-order chi connectivity index (χ1) is 13.9. The van der Waals surface area contributed by atoms with Crippen LogP contribution in [-0.2, 0) is 21.2 Å². The van der Waals surface area contributed by atoms with Crippen molar-refractivity contribution in [3.8, 4) is 11.5 Å². The zero-order valence-corrected chi connectivity index (χ0v) is 17.2. The summed E-state index contributed by atoms with van der Waals surface area (Å²) in [6, 6.07) is 13.7. The van der Waals surface area contributed by atoms with Crippen molar-refractivity contribution >= 4 is 15.9 Å². The van der Waals surface area contributed by atoms with Crippen LogP contribution in [0, 0.1) is 0 Å². The number of carbonyl (C=O) groups is 1. The first kappa shape index (κ1) is 21.1. The second kappa shape index (κ2) is 9.28. The lowest BCUT2D eigenvalue weighted by atomic mass is 10.1. The van der Waals surface area contributed by atoms with E-state index in [2.05, 4.69) is 0 Å². The molecule has 2 aromatic carbocycles. The molecule has 1 saturated heterocycles. The van der Waals surface area contributed by atoms with Gasteiger partial charge in [-0.1, -0.05) is 24.3 Å². The quantitative estimate of drug-likeness (QED) is 0.744. The summed E-state index contributed by atoms with van der Waals surface area (Å²) in [5, 5.41) is 5.10. The maximum atomic E-state index is 12.6. The lowest BCUT2D eigenvalue weighted by Gasteiger charge is -2.32. The molecule has 0 radical (unpaired) electrons. The molecule has 0 aromatic heterocycles. The van der Waals surface area contributed by atoms with Crippen molar-refractivity contribution in [3.63, 3.8) is 0 Å². The number of benzene rings is 2. The van der Waals surface area contributed by atoms with Gasteiger partial charge in [-0.25, -0.2) is 13.6 Å². The van der Waals surface area contributed by atoms with E-state index >= 15 is 0 Å². The lowest BCUT2D eigenvalue weighted by molar-refractivity contribution is -0.132. The molecule has 0 saturated carbocycles. The minimum absolute atomic E-state index is 0.0153. The van der Waals surface area contributed by atoms with E-state index < -0.39 is 10.0 Å². The summed E-state index contributed by atoms with van der Waals surface area (Å²) in [5.41, 5.74) is 0.756. The van der Waals surface area contributed by atoms with E-state index in [0.29, 0.717) is 19.7 Å². The number of hydrogen-bond acceptors (Lipinski definition) is 5. The van der Waals surface area contributed by atoms with Crippen LogP contribution in [0.2, 0.25) is 0 Å². The van der Waals surface area contributed by atoms with Gasteiger partial charge in [-0.3, -0.25) is 4.79 Å². The lowest BCUT2D eigenvalue weighted by Crippen LogP contribution is -2.42. The third kappa shape index (κ3) is 5.71. The number of ether oxygens (including phenoxy) is 2. The highest BCUT2D eigenvalue weighted by Gasteiger charge is 2.24. The van der Waals surface area contributed by atoms with Crippen molar-refractivity contribution in [1.29, 1.82) is 0 Å². The SMILES string of the molecule is CCOc1ccccc1OC1CCN(C(=O)Cc2ccc(S(N)(=O)=O)cc2)CC1. The van der Waals surface area contributed by atoms with Crippen LogP contribution in [0.4, 0.5) is 0 Å². The van der Waals surface area contributed by atoms with E-state index in [0.717, 1.165) is 29.9 Å². The second-order valence-electron chi connectivity index (χ2n) is 6.94. The van der Waals surface area contributed by atoms with E-state index in [-0.39, 0.29) is 23.3 Å². The van der Waals surface area contributed by atoms with Crippen molar-refractivity contribution < 1.29 is 22.7 Å². The minimum atomic E-state index is -3.73. The number of sulfonamides is 1. The normalized spacial score (nSPS) is 15.2. The molecule has 3 rings (SSSR count). The Morgan fingerprint density at radius 2 is 1.69 bits per heavy atom. The highest BCUT2D eigenvalue weighted by Crippen LogP contribution is 2.29. The van der Waals surface area contributed by atoms with Crippen LogP contribution in [0.25, 0.3) is 0 Å². The van der Waals surface area contributed by atoms with Gasteiger partial charge in [-0.2, -0.15) is 0 Å². The number of carbonyl (C=O) groups excluding carboxylic acids is 1. The molecule has 156 valence electrons. The fourth-order valence-corrected chi connectivity index (χ4v) is 3.82. The van der Waals surface area contributed by atoms with Crippen molar-refractivity contribution in [2.45, 2.75) is 37.2 Å². The number of piperidine rings is 1. The summed E-state index contributed by atoms with van der Waals surface area (Å²) in [6.07, 6.45) is 1.76. The summed E-state index contributed by atoms with van der Waals surface area (Å²) in [5.74, 6) is 1.48. The molecule has 0 unspecified atom stereocenters. The van der Waals surface area contributed by atoms with Gasteiger partial charge in [0.05, 0.1) is 17.9 Å². The molecule has 2 aromatic rings. The first-order valence-electron chi connectivity index (χ1n) is 9.65. The molecule has 0 bridgehead atoms. The number of amides is 1. The second-order valence-corrected chi connectivity index (χ2v) is 8.50. The zero-order chi connectivity index (χ0) is 20.9. The number of likely N-dealkylation sites (tertiary alicyclic amines) is 1. The molecule has 0 aliphatic carbocycles. The standard InChI is InChI=1S/C21H26N2O5S/c1-2-27-19-5-3-4-6-20(19)28-17-11-13-23(14-12-17)21(24)15-16-7-9-18(10-8-16)29(22,25)26/h3-10,17H,2,11-15H2,1H3,(H2,22,25,26). The topological polar surface area (TPSA) is 98.9 Å². The van der Waals surface area contributed by atoms with Gasteiger partial charge in [-0.15, -0.1) is 0 Å². The van der Waals surface area contributed by atoms with Gasteiger partial charge in [0.1, 0.15) is 6.10 Å². The van der Waals surface area contributed by atoms with E-state index in [4.69, 9.17) is 14.6 Å². The smallest absolute Gasteiger partial charge is 0.238 e. The van der Waals surface area contributed by atoms with Gasteiger partial charge < -0.3 is 14.4 Å². The van der Waals surface area contributed by atoms with Gasteiger partial charge in [0.25, 0.3) is 0 Å². The summed E-state index contributed by atoms with van der Waals surface area (Å²) in [6.45, 7) is 3.75. The van der Waals surface area contributed by atoms with Crippen LogP contribution in [-0.4, -0.2) is 45.0 Å². The van der Waals surface area contributed by atoms with Crippen LogP contribution < -0.4 is 14.6 Å². The Bertz CT molecular complexity index is 936. The molecule has 29 heavy (non-hydrogen) atoms. The molecule has 0 spiro atoms. The van der Waals surface area contributed by atoms with E-state index in [1.54, 1.807) is 12.1 Å². The zero-order valence-electron chi connectivity index (χ0n) is 16.4. The predicted molar refractivity (Wildman–Crippen MR) is 109 cm³/mol. The Balaban J connectivity index is 1.52. The maximum Gasteiger partial charge on any atom is 0.238 e. The van der Waals surface area contributed by atoms with Crippen LogP contribution in [0.3, 0.4) is 0 Å². The molecule has 8 heteroatoms. The van der Waals surface area contributed by atoms with Crippen molar-refractivity contribution in [3.05, 3.63) is 54.1 Å². The molecule has 1 aliphatic heterocycles. The van der Waals surface area contributed by atoms with E-state index in [1.807, 2.05) is 36.1 Å². The van der Waals surface area contributed by atoms with Crippen LogP contribution >= 0.6 is 0 Å². The Morgan fingerprint density at radius 1 is 1.07 bits per heavy atom. The van der Waals surface area contributed by atoms with Crippen molar-refractivity contribution in [2.75, 3.05) is 19.7 Å². The Hall–Kier alpha value is -2.58. The average Bonchev–Trinajstić information content (AvgIpc) is 2.70. The van der Waals surface area contributed by atoms with Crippen LogP contribution in [0.5, 0.6) is 11.5 Å². The summed E-state index contributed by atoms with van der Waals surface area (Å²) < 4.78 is 34.3. The van der Waals surface area contributed by atoms with Gasteiger partial charge in [0, 0.05) is 25.9 Å². The molecular weight excluding hydrogens is 392 g/mol. The highest BCUT2D eigenvalue weighted by molar-refractivity contribution is 7.89. The fourth-order valence-electron chi connectivity index (χ4n) is 3.31. The van der Waals surface area contributed by atoms with Gasteiger partial charge in [0.15, 0.2) is 11.5 Å². The average molecular weight is 419 g/mol. The number of nitrogens with zero attached hydrogens (tertiary/aromatic N) is 1. The highest BCUT2D eigenvalue weighted by atomic mass is 32.2. The van der Waals surface area contributed by atoms with Crippen molar-refractivity contribution in [1.82, 2.24) is 4.90 Å². The molecule has 1 fully saturated rings. The molecule has 7 nitrogen and oxygen atoms in total. The van der Waals surface area contributed by atoms with Gasteiger partial charge in [0.2, 0.25) is 15.9 Å². The Morgan fingerprint density at radius 3 is 2.28 bits per heavy atom. The first-order valence-corrected chi connectivity index (χ1v) is 11.2. The number of rotatable bonds is 7. The van der Waals surface area contributed by atoms with E-state index in [1.165, 1.54) is 12.1 Å². The molecule has 0 atom stereocenters. The largest absolute Gasteiger partial charge is 0.490 e. The monoisotopic (exact) mass is 418 g/mol. The molecule has 1 amide bonds. The Labute approximate surface area is 171 Å². The third-order valence-electron chi connectivity index (χ3n) is 4.84. The fraction of sp³-hybridized carbons (Fsp3) is 0.381. The Kier molecular flexibility index (Phi) is 6.76. The molecule has 1 aliphatic rings. The van der Waals surface area contributed by atoms with Crippen LogP contribution in [0.1, 0.15) is 25.3 Å². The maximum absolute atomic E-state index is 12.6. The molecular formula is C21H26N2O5S. The number of para-hydroxylation sites is 2. The summed E-state index contributed by atoms with van der Waals surface area (Å²) in [7, 11) is -3.73. The van der Waals surface area contributed by atoms with Gasteiger partial charge >= 0.3 is 0 Å².